The molecule has 1 aliphatic heterocycles. The Hall–Kier alpha value is -2.11. The molecule has 2 atom stereocenters. The molecule has 1 N–H and O–H groups in total. The molecule has 0 aliphatic carbocycles. The predicted molar refractivity (Wildman–Crippen MR) is 73.8 cm³/mol. The summed E-state index contributed by atoms with van der Waals surface area (Å²) in [7, 11) is 1.81. The Morgan fingerprint density at radius 3 is 2.80 bits per heavy atom. The summed E-state index contributed by atoms with van der Waals surface area (Å²) in [6.45, 7) is 2.39. The number of likely N-dealkylation sites (tertiary alicyclic amines) is 1. The number of aryl methyl sites for hydroxylation is 1. The molecule has 0 aromatic carbocycles. The summed E-state index contributed by atoms with van der Waals surface area (Å²) in [6, 6.07) is 1.78. The highest BCUT2D eigenvalue weighted by Crippen LogP contribution is 2.23. The number of hydrogen-bond acceptors (Lipinski definition) is 3. The third kappa shape index (κ3) is 3.07. The van der Waals surface area contributed by atoms with E-state index in [1.54, 1.807) is 21.9 Å². The molecule has 1 aromatic heterocycles. The molecule has 2 unspecified atom stereocenters. The van der Waals surface area contributed by atoms with Crippen LogP contribution >= 0.6 is 0 Å². The van der Waals surface area contributed by atoms with Crippen LogP contribution in [0.25, 0.3) is 6.08 Å². The van der Waals surface area contributed by atoms with Crippen LogP contribution in [0.4, 0.5) is 0 Å². The topological polar surface area (TPSA) is 75.4 Å². The van der Waals surface area contributed by atoms with Gasteiger partial charge in [-0.05, 0) is 31.9 Å². The number of carboxylic acids is 1. The highest BCUT2D eigenvalue weighted by atomic mass is 16.4. The molecule has 1 fully saturated rings. The Kier molecular flexibility index (Phi) is 4.22. The van der Waals surface area contributed by atoms with Crippen LogP contribution in [-0.2, 0) is 16.6 Å². The van der Waals surface area contributed by atoms with Crippen molar-refractivity contribution in [3.8, 4) is 0 Å². The van der Waals surface area contributed by atoms with Gasteiger partial charge < -0.3 is 10.0 Å². The Balaban J connectivity index is 1.98. The van der Waals surface area contributed by atoms with E-state index in [2.05, 4.69) is 5.10 Å². The monoisotopic (exact) mass is 277 g/mol. The third-order valence-corrected chi connectivity index (χ3v) is 3.76. The third-order valence-electron chi connectivity index (χ3n) is 3.76. The van der Waals surface area contributed by atoms with Gasteiger partial charge in [0.1, 0.15) is 0 Å². The minimum atomic E-state index is -0.769. The number of amides is 1. The van der Waals surface area contributed by atoms with Gasteiger partial charge in [0.25, 0.3) is 0 Å². The number of carbonyl (C=O) groups is 2. The van der Waals surface area contributed by atoms with Gasteiger partial charge in [0, 0.05) is 31.9 Å². The van der Waals surface area contributed by atoms with Crippen molar-refractivity contribution in [2.45, 2.75) is 25.8 Å². The van der Waals surface area contributed by atoms with Gasteiger partial charge in [-0.15, -0.1) is 0 Å². The predicted octanol–water partition coefficient (Wildman–Crippen LogP) is 1.14. The molecule has 6 nitrogen and oxygen atoms in total. The van der Waals surface area contributed by atoms with E-state index in [-0.39, 0.29) is 17.9 Å². The normalized spacial score (nSPS) is 23.2. The zero-order chi connectivity index (χ0) is 14.7. The van der Waals surface area contributed by atoms with Gasteiger partial charge in [-0.3, -0.25) is 14.3 Å². The van der Waals surface area contributed by atoms with E-state index in [0.717, 1.165) is 5.69 Å². The van der Waals surface area contributed by atoms with Gasteiger partial charge in [0.05, 0.1) is 11.6 Å². The van der Waals surface area contributed by atoms with Crippen molar-refractivity contribution in [3.05, 3.63) is 24.0 Å². The van der Waals surface area contributed by atoms with Crippen LogP contribution in [0.15, 0.2) is 18.3 Å². The van der Waals surface area contributed by atoms with Crippen molar-refractivity contribution in [1.82, 2.24) is 14.7 Å². The zero-order valence-electron chi connectivity index (χ0n) is 11.7. The van der Waals surface area contributed by atoms with E-state index >= 15 is 0 Å². The molecule has 1 amide bonds. The first kappa shape index (κ1) is 14.3. The highest BCUT2D eigenvalue weighted by molar-refractivity contribution is 5.92. The number of carbonyl (C=O) groups excluding carboxylic acids is 1. The molecule has 6 heteroatoms. The summed E-state index contributed by atoms with van der Waals surface area (Å²) in [5.41, 5.74) is 0.853. The molecule has 0 radical (unpaired) electrons. The van der Waals surface area contributed by atoms with Crippen LogP contribution in [0.3, 0.4) is 0 Å². The fraction of sp³-hybridized carbons (Fsp3) is 0.500. The quantitative estimate of drug-likeness (QED) is 0.841. The van der Waals surface area contributed by atoms with Crippen molar-refractivity contribution in [2.75, 3.05) is 6.54 Å². The van der Waals surface area contributed by atoms with E-state index in [1.807, 2.05) is 20.0 Å². The highest BCUT2D eigenvalue weighted by Gasteiger charge is 2.31. The Morgan fingerprint density at radius 1 is 1.50 bits per heavy atom. The molecule has 0 spiro atoms. The molecule has 0 bridgehead atoms. The lowest BCUT2D eigenvalue weighted by Gasteiger charge is -2.35. The molecule has 0 saturated carbocycles. The second kappa shape index (κ2) is 5.90. The standard InChI is InChI=1S/C14H19N3O3/c1-10-9-11(14(19)20)6-8-17(10)13(18)4-3-12-5-7-15-16(12)2/h3-5,7,10-11H,6,8-9H2,1-2H3,(H,19,20)/b4-3+. The summed E-state index contributed by atoms with van der Waals surface area (Å²) in [5.74, 6) is -1.19. The smallest absolute Gasteiger partial charge is 0.306 e. The van der Waals surface area contributed by atoms with Crippen LogP contribution in [0.2, 0.25) is 0 Å². The first-order valence-corrected chi connectivity index (χ1v) is 6.68. The Morgan fingerprint density at radius 2 is 2.25 bits per heavy atom. The molecule has 1 saturated heterocycles. The second-order valence-corrected chi connectivity index (χ2v) is 5.15. The van der Waals surface area contributed by atoms with Crippen LogP contribution < -0.4 is 0 Å². The number of aromatic nitrogens is 2. The molecule has 2 rings (SSSR count). The minimum Gasteiger partial charge on any atom is -0.481 e. The first-order chi connectivity index (χ1) is 9.49. The Bertz CT molecular complexity index is 536. The molecule has 108 valence electrons. The van der Waals surface area contributed by atoms with Crippen molar-refractivity contribution >= 4 is 18.0 Å². The maximum absolute atomic E-state index is 12.2. The van der Waals surface area contributed by atoms with E-state index in [4.69, 9.17) is 5.11 Å². The maximum atomic E-state index is 12.2. The number of hydrogen-bond donors (Lipinski definition) is 1. The van der Waals surface area contributed by atoms with Crippen molar-refractivity contribution < 1.29 is 14.7 Å². The summed E-state index contributed by atoms with van der Waals surface area (Å²) < 4.78 is 1.68. The molecule has 20 heavy (non-hydrogen) atoms. The lowest BCUT2D eigenvalue weighted by Crippen LogP contribution is -2.45. The van der Waals surface area contributed by atoms with Gasteiger partial charge in [0.15, 0.2) is 0 Å². The summed E-state index contributed by atoms with van der Waals surface area (Å²) in [6.07, 6.45) is 5.96. The largest absolute Gasteiger partial charge is 0.481 e. The van der Waals surface area contributed by atoms with Crippen molar-refractivity contribution in [3.63, 3.8) is 0 Å². The summed E-state index contributed by atoms with van der Waals surface area (Å²) in [4.78, 5) is 24.8. The van der Waals surface area contributed by atoms with Crippen LogP contribution in [-0.4, -0.2) is 44.3 Å². The van der Waals surface area contributed by atoms with Crippen molar-refractivity contribution in [2.24, 2.45) is 13.0 Å². The van der Waals surface area contributed by atoms with Gasteiger partial charge >= 0.3 is 5.97 Å². The fourth-order valence-electron chi connectivity index (χ4n) is 2.52. The van der Waals surface area contributed by atoms with Crippen molar-refractivity contribution in [1.29, 1.82) is 0 Å². The first-order valence-electron chi connectivity index (χ1n) is 6.68. The second-order valence-electron chi connectivity index (χ2n) is 5.15. The maximum Gasteiger partial charge on any atom is 0.306 e. The van der Waals surface area contributed by atoms with Crippen LogP contribution in [0.5, 0.6) is 0 Å². The van der Waals surface area contributed by atoms with E-state index in [9.17, 15) is 9.59 Å². The average molecular weight is 277 g/mol. The Labute approximate surface area is 117 Å². The van der Waals surface area contributed by atoms with E-state index in [1.165, 1.54) is 6.08 Å². The van der Waals surface area contributed by atoms with Crippen LogP contribution in [0.1, 0.15) is 25.5 Å². The van der Waals surface area contributed by atoms with E-state index in [0.29, 0.717) is 19.4 Å². The molecule has 2 heterocycles. The number of piperidine rings is 1. The lowest BCUT2D eigenvalue weighted by molar-refractivity contribution is -0.146. The van der Waals surface area contributed by atoms with Gasteiger partial charge in [-0.25, -0.2) is 0 Å². The van der Waals surface area contributed by atoms with Gasteiger partial charge in [-0.2, -0.15) is 5.10 Å². The number of aliphatic carboxylic acids is 1. The van der Waals surface area contributed by atoms with Crippen LogP contribution in [0, 0.1) is 5.92 Å². The lowest BCUT2D eigenvalue weighted by atomic mass is 9.91. The summed E-state index contributed by atoms with van der Waals surface area (Å²) in [5, 5.41) is 13.0. The average Bonchev–Trinajstić information content (AvgIpc) is 2.81. The molecular weight excluding hydrogens is 258 g/mol. The molecular formula is C14H19N3O3. The van der Waals surface area contributed by atoms with Gasteiger partial charge in [-0.1, -0.05) is 0 Å². The number of nitrogens with zero attached hydrogens (tertiary/aromatic N) is 3. The fourth-order valence-corrected chi connectivity index (χ4v) is 2.52. The molecule has 1 aromatic rings. The SMILES string of the molecule is CC1CC(C(=O)O)CCN1C(=O)/C=C/c1ccnn1C. The molecule has 1 aliphatic rings. The zero-order valence-corrected chi connectivity index (χ0v) is 11.7. The summed E-state index contributed by atoms with van der Waals surface area (Å²) >= 11 is 0. The minimum absolute atomic E-state index is 0.0477. The number of rotatable bonds is 3. The van der Waals surface area contributed by atoms with Gasteiger partial charge in [0.2, 0.25) is 5.91 Å². The van der Waals surface area contributed by atoms with E-state index < -0.39 is 5.97 Å². The number of carboxylic acid groups (broad SMARTS) is 1.